The molecule has 30 heavy (non-hydrogen) atoms. The monoisotopic (exact) mass is 472 g/mol. The van der Waals surface area contributed by atoms with Crippen LogP contribution < -0.4 is 36.3 Å². The number of rotatable bonds is 7. The zero-order valence-corrected chi connectivity index (χ0v) is 18.2. The average Bonchev–Trinajstić information content (AvgIpc) is 2.73. The third kappa shape index (κ3) is 6.42. The Hall–Kier alpha value is -3.19. The number of halogens is 2. The van der Waals surface area contributed by atoms with Crippen LogP contribution in [0, 0.1) is 5.82 Å². The lowest BCUT2D eigenvalue weighted by atomic mass is 10.2. The van der Waals surface area contributed by atoms with Crippen molar-refractivity contribution in [3.8, 4) is 11.5 Å². The van der Waals surface area contributed by atoms with E-state index in [9.17, 15) is 9.18 Å². The maximum absolute atomic E-state index is 13.3. The van der Waals surface area contributed by atoms with E-state index in [2.05, 4.69) is 5.32 Å². The van der Waals surface area contributed by atoms with Crippen molar-refractivity contribution < 1.29 is 40.2 Å². The fraction of sp³-hybridized carbons (Fsp3) is 0.130. The molecule has 156 valence electrons. The molecule has 0 aliphatic carbocycles. The molecule has 0 aliphatic heterocycles. The van der Waals surface area contributed by atoms with Crippen LogP contribution in [0.1, 0.15) is 11.1 Å². The summed E-state index contributed by atoms with van der Waals surface area (Å²) in [5, 5.41) is 2.81. The first kappa shape index (κ1) is 23.1. The van der Waals surface area contributed by atoms with E-state index in [1.54, 1.807) is 50.6 Å². The Morgan fingerprint density at radius 1 is 1.03 bits per heavy atom. The van der Waals surface area contributed by atoms with Crippen molar-refractivity contribution in [2.24, 2.45) is 0 Å². The minimum Gasteiger partial charge on any atom is -1.00 e. The van der Waals surface area contributed by atoms with Crippen LogP contribution in [-0.4, -0.2) is 20.1 Å². The van der Waals surface area contributed by atoms with Crippen molar-refractivity contribution in [1.82, 2.24) is 0 Å². The van der Waals surface area contributed by atoms with E-state index < -0.39 is 0 Å². The van der Waals surface area contributed by atoms with Gasteiger partial charge in [-0.05, 0) is 35.9 Å². The van der Waals surface area contributed by atoms with Gasteiger partial charge in [0.25, 0.3) is 0 Å². The van der Waals surface area contributed by atoms with Crippen molar-refractivity contribution in [3.05, 3.63) is 90.0 Å². The molecule has 0 radical (unpaired) electrons. The van der Waals surface area contributed by atoms with Gasteiger partial charge in [0.05, 0.1) is 19.9 Å². The second-order valence-electron chi connectivity index (χ2n) is 6.33. The van der Waals surface area contributed by atoms with Gasteiger partial charge in [0.2, 0.25) is 5.91 Å². The third-order valence-corrected chi connectivity index (χ3v) is 4.25. The Balaban J connectivity index is 0.00000320. The van der Waals surface area contributed by atoms with Crippen LogP contribution in [0.15, 0.2) is 73.1 Å². The molecule has 1 amide bonds. The Kier molecular flexibility index (Phi) is 8.55. The second-order valence-corrected chi connectivity index (χ2v) is 6.33. The topological polar surface area (TPSA) is 51.4 Å². The molecular formula is C23H22BrFN2O3. The number of carbonyl (C=O) groups is 1. The first-order valence-electron chi connectivity index (χ1n) is 9.02. The van der Waals surface area contributed by atoms with Crippen molar-refractivity contribution in [2.75, 3.05) is 19.5 Å². The van der Waals surface area contributed by atoms with Crippen molar-refractivity contribution in [3.63, 3.8) is 0 Å². The molecule has 3 aromatic rings. The van der Waals surface area contributed by atoms with Gasteiger partial charge in [0.1, 0.15) is 5.82 Å². The largest absolute Gasteiger partial charge is 1.00 e. The number of nitrogens with one attached hydrogen (secondary N) is 1. The minimum absolute atomic E-state index is 0. The Morgan fingerprint density at radius 3 is 2.43 bits per heavy atom. The van der Waals surface area contributed by atoms with Crippen molar-refractivity contribution in [1.29, 1.82) is 0 Å². The molecule has 1 heterocycles. The molecule has 0 aliphatic rings. The van der Waals surface area contributed by atoms with Gasteiger partial charge in [0.15, 0.2) is 30.4 Å². The van der Waals surface area contributed by atoms with Gasteiger partial charge in [-0.3, -0.25) is 4.79 Å². The molecule has 0 atom stereocenters. The van der Waals surface area contributed by atoms with Crippen LogP contribution in [0.5, 0.6) is 11.5 Å². The number of ether oxygens (including phenoxy) is 2. The summed E-state index contributed by atoms with van der Waals surface area (Å²) in [7, 11) is 3.14. The zero-order valence-electron chi connectivity index (χ0n) is 16.6. The number of aromatic nitrogens is 1. The standard InChI is InChI=1S/C23H21FN2O3.BrH/c1-28-21-8-6-17(15-22(21)29-2)7-9-23(27)25-20-10-12-26(13-11-20)16-18-4-3-5-19(24)14-18;/h3-15H,16H2,1-2H3;1H/b9-7+;. The van der Waals surface area contributed by atoms with Crippen LogP contribution in [0.4, 0.5) is 10.1 Å². The highest BCUT2D eigenvalue weighted by molar-refractivity contribution is 6.01. The van der Waals surface area contributed by atoms with Crippen molar-refractivity contribution in [2.45, 2.75) is 6.54 Å². The molecular weight excluding hydrogens is 451 g/mol. The summed E-state index contributed by atoms with van der Waals surface area (Å²) in [6.45, 7) is 0.547. The van der Waals surface area contributed by atoms with E-state index in [1.165, 1.54) is 18.2 Å². The normalized spacial score (nSPS) is 10.4. The molecule has 0 fully saturated rings. The van der Waals surface area contributed by atoms with Gasteiger partial charge in [0, 0.05) is 23.8 Å². The number of nitrogens with zero attached hydrogens (tertiary/aromatic N) is 1. The van der Waals surface area contributed by atoms with Crippen LogP contribution in [-0.2, 0) is 11.3 Å². The summed E-state index contributed by atoms with van der Waals surface area (Å²) >= 11 is 0. The maximum Gasteiger partial charge on any atom is 0.248 e. The van der Waals surface area contributed by atoms with E-state index in [4.69, 9.17) is 9.47 Å². The van der Waals surface area contributed by atoms with Crippen LogP contribution in [0.2, 0.25) is 0 Å². The van der Waals surface area contributed by atoms with Gasteiger partial charge < -0.3 is 31.8 Å². The Morgan fingerprint density at radius 2 is 1.77 bits per heavy atom. The average molecular weight is 473 g/mol. The summed E-state index contributed by atoms with van der Waals surface area (Å²) in [6.07, 6.45) is 6.82. The first-order valence-corrected chi connectivity index (χ1v) is 9.02. The fourth-order valence-corrected chi connectivity index (χ4v) is 2.80. The molecule has 0 bridgehead atoms. The number of carbonyl (C=O) groups excluding carboxylic acids is 1. The van der Waals surface area contributed by atoms with Gasteiger partial charge >= 0.3 is 0 Å². The van der Waals surface area contributed by atoms with Gasteiger partial charge in [-0.2, -0.15) is 0 Å². The van der Waals surface area contributed by atoms with E-state index >= 15 is 0 Å². The predicted octanol–water partition coefficient (Wildman–Crippen LogP) is 0.835. The smallest absolute Gasteiger partial charge is 0.248 e. The molecule has 0 saturated heterocycles. The fourth-order valence-electron chi connectivity index (χ4n) is 2.80. The van der Waals surface area contributed by atoms with Gasteiger partial charge in [-0.15, -0.1) is 0 Å². The molecule has 1 N–H and O–H groups in total. The highest BCUT2D eigenvalue weighted by Gasteiger charge is 2.06. The molecule has 0 spiro atoms. The Labute approximate surface area is 185 Å². The van der Waals surface area contributed by atoms with Gasteiger partial charge in [-0.25, -0.2) is 8.96 Å². The summed E-state index contributed by atoms with van der Waals surface area (Å²) < 4.78 is 25.6. The Bertz CT molecular complexity index is 1020. The lowest BCUT2D eigenvalue weighted by Gasteiger charge is -2.07. The van der Waals surface area contributed by atoms with Crippen LogP contribution >= 0.6 is 0 Å². The zero-order chi connectivity index (χ0) is 20.6. The molecule has 0 unspecified atom stereocenters. The number of methoxy groups -OCH3 is 2. The van der Waals surface area contributed by atoms with Crippen LogP contribution in [0.25, 0.3) is 6.08 Å². The number of amides is 1. The molecule has 1 aromatic heterocycles. The quantitative estimate of drug-likeness (QED) is 0.409. The molecule has 3 rings (SSSR count). The number of hydrogen-bond donors (Lipinski definition) is 1. The molecule has 7 heteroatoms. The molecule has 5 nitrogen and oxygen atoms in total. The second kappa shape index (κ2) is 11.1. The SMILES string of the molecule is COc1ccc(/C=C/C(=O)Nc2cc[n+](Cc3cccc(F)c3)cc2)cc1OC.[Br-]. The number of pyridine rings is 1. The van der Waals surface area contributed by atoms with Crippen molar-refractivity contribution >= 4 is 17.7 Å². The van der Waals surface area contributed by atoms with Crippen LogP contribution in [0.3, 0.4) is 0 Å². The number of hydrogen-bond acceptors (Lipinski definition) is 3. The number of benzene rings is 2. The summed E-state index contributed by atoms with van der Waals surface area (Å²) in [6, 6.07) is 15.5. The summed E-state index contributed by atoms with van der Waals surface area (Å²) in [5.74, 6) is 0.724. The highest BCUT2D eigenvalue weighted by atomic mass is 79.9. The lowest BCUT2D eigenvalue weighted by molar-refractivity contribution is -0.688. The highest BCUT2D eigenvalue weighted by Crippen LogP contribution is 2.27. The lowest BCUT2D eigenvalue weighted by Crippen LogP contribution is -3.00. The van der Waals surface area contributed by atoms with E-state index in [0.717, 1.165) is 11.1 Å². The van der Waals surface area contributed by atoms with E-state index in [1.807, 2.05) is 29.1 Å². The minimum atomic E-state index is -0.256. The summed E-state index contributed by atoms with van der Waals surface area (Å²) in [5.41, 5.74) is 2.35. The maximum atomic E-state index is 13.3. The number of anilines is 1. The molecule has 0 saturated carbocycles. The third-order valence-electron chi connectivity index (χ3n) is 4.25. The van der Waals surface area contributed by atoms with E-state index in [0.29, 0.717) is 23.7 Å². The first-order chi connectivity index (χ1) is 14.1. The molecule has 2 aromatic carbocycles. The van der Waals surface area contributed by atoms with Gasteiger partial charge in [-0.1, -0.05) is 18.2 Å². The predicted molar refractivity (Wildman–Crippen MR) is 109 cm³/mol. The summed E-state index contributed by atoms with van der Waals surface area (Å²) in [4.78, 5) is 12.2. The van der Waals surface area contributed by atoms with E-state index in [-0.39, 0.29) is 28.7 Å².